The van der Waals surface area contributed by atoms with Gasteiger partial charge in [0.15, 0.2) is 5.13 Å². The largest absolute Gasteiger partial charge is 0.391 e. The second-order valence-corrected chi connectivity index (χ2v) is 5.83. The second-order valence-electron chi connectivity index (χ2n) is 4.76. The summed E-state index contributed by atoms with van der Waals surface area (Å²) in [6, 6.07) is 0. The molecule has 1 fully saturated rings. The fourth-order valence-corrected chi connectivity index (χ4v) is 3.49. The Balaban J connectivity index is 1.98. The van der Waals surface area contributed by atoms with E-state index < -0.39 is 0 Å². The molecule has 0 bridgehead atoms. The summed E-state index contributed by atoms with van der Waals surface area (Å²) < 4.78 is 5.22. The number of nitrogens with zero attached hydrogens (tertiary/aromatic N) is 2. The minimum Gasteiger partial charge on any atom is -0.391 e. The van der Waals surface area contributed by atoms with Crippen molar-refractivity contribution < 1.29 is 9.84 Å². The molecule has 18 heavy (non-hydrogen) atoms. The van der Waals surface area contributed by atoms with Crippen LogP contribution in [0.1, 0.15) is 30.3 Å². The predicted molar refractivity (Wildman–Crippen MR) is 74.2 cm³/mol. The quantitative estimate of drug-likeness (QED) is 0.889. The summed E-state index contributed by atoms with van der Waals surface area (Å²) in [7, 11) is 1.77. The third kappa shape index (κ3) is 3.02. The molecule has 0 unspecified atom stereocenters. The fraction of sp³-hybridized carbons (Fsp3) is 0.769. The Bertz CT molecular complexity index is 352. The fourth-order valence-electron chi connectivity index (χ4n) is 2.43. The molecule has 1 aliphatic rings. The van der Waals surface area contributed by atoms with E-state index in [1.807, 2.05) is 0 Å². The Morgan fingerprint density at radius 3 is 2.67 bits per heavy atom. The van der Waals surface area contributed by atoms with Gasteiger partial charge >= 0.3 is 0 Å². The van der Waals surface area contributed by atoms with Crippen molar-refractivity contribution >= 4 is 16.5 Å². The lowest BCUT2D eigenvalue weighted by Crippen LogP contribution is -2.34. The highest BCUT2D eigenvalue weighted by atomic mass is 32.1. The minimum atomic E-state index is 0.112. The van der Waals surface area contributed by atoms with Gasteiger partial charge in [-0.05, 0) is 25.2 Å². The van der Waals surface area contributed by atoms with Gasteiger partial charge in [-0.2, -0.15) is 0 Å². The van der Waals surface area contributed by atoms with Crippen molar-refractivity contribution in [1.29, 1.82) is 0 Å². The van der Waals surface area contributed by atoms with Gasteiger partial charge in [-0.25, -0.2) is 4.98 Å². The summed E-state index contributed by atoms with van der Waals surface area (Å²) in [6.07, 6.45) is 3.24. The molecule has 0 saturated carbocycles. The number of rotatable bonds is 5. The van der Waals surface area contributed by atoms with Crippen LogP contribution in [0.4, 0.5) is 5.13 Å². The van der Waals surface area contributed by atoms with Gasteiger partial charge in [0, 0.05) is 26.8 Å². The number of thiazole rings is 1. The van der Waals surface area contributed by atoms with Gasteiger partial charge < -0.3 is 14.7 Å². The van der Waals surface area contributed by atoms with Crippen LogP contribution in [0, 0.1) is 5.92 Å². The Kier molecular flexibility index (Phi) is 4.97. The highest BCUT2D eigenvalue weighted by Crippen LogP contribution is 2.30. The molecule has 0 aliphatic carbocycles. The molecule has 2 rings (SSSR count). The molecule has 0 aromatic carbocycles. The standard InChI is InChI=1S/C13H22N2O2S/c1-3-11-12(8-16)18-13(14-11)15-6-4-10(5-7-15)9-17-2/h10,16H,3-9H2,1-2H3. The average Bonchev–Trinajstić information content (AvgIpc) is 2.83. The number of hydrogen-bond acceptors (Lipinski definition) is 5. The van der Waals surface area contributed by atoms with Gasteiger partial charge in [0.1, 0.15) is 0 Å². The zero-order valence-electron chi connectivity index (χ0n) is 11.2. The number of piperidine rings is 1. The van der Waals surface area contributed by atoms with E-state index in [1.54, 1.807) is 18.4 Å². The van der Waals surface area contributed by atoms with E-state index in [4.69, 9.17) is 4.74 Å². The average molecular weight is 270 g/mol. The van der Waals surface area contributed by atoms with Crippen LogP contribution in [-0.2, 0) is 17.8 Å². The van der Waals surface area contributed by atoms with Crippen LogP contribution in [-0.4, -0.2) is 36.9 Å². The maximum Gasteiger partial charge on any atom is 0.185 e. The highest BCUT2D eigenvalue weighted by Gasteiger charge is 2.22. The Labute approximate surface area is 113 Å². The van der Waals surface area contributed by atoms with Gasteiger partial charge in [0.05, 0.1) is 17.2 Å². The number of aryl methyl sites for hydroxylation is 1. The van der Waals surface area contributed by atoms with Crippen molar-refractivity contribution in [2.75, 3.05) is 31.7 Å². The maximum absolute atomic E-state index is 9.31. The first-order valence-corrected chi connectivity index (χ1v) is 7.43. The molecule has 1 aromatic rings. The first kappa shape index (κ1) is 13.8. The van der Waals surface area contributed by atoms with Crippen LogP contribution in [0.15, 0.2) is 0 Å². The van der Waals surface area contributed by atoms with Gasteiger partial charge in [0.2, 0.25) is 0 Å². The minimum absolute atomic E-state index is 0.112. The summed E-state index contributed by atoms with van der Waals surface area (Å²) in [5.41, 5.74) is 1.05. The van der Waals surface area contributed by atoms with Gasteiger partial charge in [0.25, 0.3) is 0 Å². The van der Waals surface area contributed by atoms with Crippen molar-refractivity contribution in [2.45, 2.75) is 32.8 Å². The topological polar surface area (TPSA) is 45.6 Å². The monoisotopic (exact) mass is 270 g/mol. The molecule has 0 amide bonds. The van der Waals surface area contributed by atoms with Crippen LogP contribution in [0.25, 0.3) is 0 Å². The number of aliphatic hydroxyl groups is 1. The number of methoxy groups -OCH3 is 1. The Morgan fingerprint density at radius 1 is 1.44 bits per heavy atom. The highest BCUT2D eigenvalue weighted by molar-refractivity contribution is 7.15. The Hall–Kier alpha value is -0.650. The maximum atomic E-state index is 9.31. The molecule has 0 spiro atoms. The van der Waals surface area contributed by atoms with Crippen molar-refractivity contribution in [1.82, 2.24) is 4.98 Å². The lowest BCUT2D eigenvalue weighted by atomic mass is 9.98. The van der Waals surface area contributed by atoms with E-state index in [2.05, 4.69) is 16.8 Å². The van der Waals surface area contributed by atoms with Crippen LogP contribution in [0.3, 0.4) is 0 Å². The van der Waals surface area contributed by atoms with Gasteiger partial charge in [-0.1, -0.05) is 18.3 Å². The van der Waals surface area contributed by atoms with Crippen LogP contribution in [0.5, 0.6) is 0 Å². The molecule has 102 valence electrons. The molecular formula is C13H22N2O2S. The summed E-state index contributed by atoms with van der Waals surface area (Å²) in [5.74, 6) is 0.689. The van der Waals surface area contributed by atoms with Crippen LogP contribution < -0.4 is 4.90 Å². The van der Waals surface area contributed by atoms with Gasteiger partial charge in [-0.3, -0.25) is 0 Å². The molecular weight excluding hydrogens is 248 g/mol. The number of aliphatic hydroxyl groups excluding tert-OH is 1. The summed E-state index contributed by atoms with van der Waals surface area (Å²) in [5, 5.41) is 10.4. The molecule has 4 nitrogen and oxygen atoms in total. The van der Waals surface area contributed by atoms with E-state index in [9.17, 15) is 5.11 Å². The molecule has 5 heteroatoms. The van der Waals surface area contributed by atoms with E-state index >= 15 is 0 Å². The van der Waals surface area contributed by atoms with E-state index in [0.717, 1.165) is 41.8 Å². The molecule has 1 aliphatic heterocycles. The Morgan fingerprint density at radius 2 is 2.17 bits per heavy atom. The number of ether oxygens (including phenoxy) is 1. The molecule has 0 atom stereocenters. The number of hydrogen-bond donors (Lipinski definition) is 1. The normalized spacial score (nSPS) is 17.4. The molecule has 2 heterocycles. The second kappa shape index (κ2) is 6.50. The molecule has 1 aromatic heterocycles. The van der Waals surface area contributed by atoms with Gasteiger partial charge in [-0.15, -0.1) is 0 Å². The summed E-state index contributed by atoms with van der Waals surface area (Å²) in [4.78, 5) is 8.01. The predicted octanol–water partition coefficient (Wildman–Crippen LogP) is 2.06. The summed E-state index contributed by atoms with van der Waals surface area (Å²) in [6.45, 7) is 5.17. The first-order valence-electron chi connectivity index (χ1n) is 6.61. The van der Waals surface area contributed by atoms with Crippen LogP contribution >= 0.6 is 11.3 Å². The third-order valence-corrected chi connectivity index (χ3v) is 4.68. The SMILES string of the molecule is CCc1nc(N2CCC(COC)CC2)sc1CO. The number of aromatic nitrogens is 1. The smallest absolute Gasteiger partial charge is 0.185 e. The van der Waals surface area contributed by atoms with Crippen LogP contribution in [0.2, 0.25) is 0 Å². The zero-order chi connectivity index (χ0) is 13.0. The summed E-state index contributed by atoms with van der Waals surface area (Å²) >= 11 is 1.64. The van der Waals surface area contributed by atoms with Crippen molar-refractivity contribution in [2.24, 2.45) is 5.92 Å². The lowest BCUT2D eigenvalue weighted by Gasteiger charge is -2.31. The first-order chi connectivity index (χ1) is 8.78. The lowest BCUT2D eigenvalue weighted by molar-refractivity contribution is 0.139. The zero-order valence-corrected chi connectivity index (χ0v) is 12.0. The van der Waals surface area contributed by atoms with Crippen molar-refractivity contribution in [3.63, 3.8) is 0 Å². The molecule has 1 N–H and O–H groups in total. The number of anilines is 1. The molecule has 1 saturated heterocycles. The van der Waals surface area contributed by atoms with E-state index in [-0.39, 0.29) is 6.61 Å². The van der Waals surface area contributed by atoms with Crippen molar-refractivity contribution in [3.8, 4) is 0 Å². The van der Waals surface area contributed by atoms with E-state index in [0.29, 0.717) is 5.92 Å². The third-order valence-electron chi connectivity index (χ3n) is 3.53. The molecule has 0 radical (unpaired) electrons. The van der Waals surface area contributed by atoms with E-state index in [1.165, 1.54) is 12.8 Å². The van der Waals surface area contributed by atoms with Crippen molar-refractivity contribution in [3.05, 3.63) is 10.6 Å².